The normalized spacial score (nSPS) is 18.0. The molecule has 32 heavy (non-hydrogen) atoms. The van der Waals surface area contributed by atoms with E-state index in [-0.39, 0.29) is 11.2 Å². The van der Waals surface area contributed by atoms with E-state index < -0.39 is 5.97 Å². The van der Waals surface area contributed by atoms with Crippen LogP contribution < -0.4 is 0 Å². The number of aromatic nitrogens is 1. The first kappa shape index (κ1) is 21.8. The Balaban J connectivity index is 1.82. The molecule has 4 rings (SSSR count). The maximum absolute atomic E-state index is 13.3. The zero-order valence-electron chi connectivity index (χ0n) is 19.2. The standard InChI is InChI=1S/C27H28N2O3/c1-6-29-24-12-11-20(26(31)21-10-8-7-9-17(21)2)15-22(24)23-16-27(5,14-13-25(23)29)18(3)28-32-19(4)30/h7-15H,6,16H2,1-5H3/b28-18+. The summed E-state index contributed by atoms with van der Waals surface area (Å²) >= 11 is 0. The van der Waals surface area contributed by atoms with Crippen molar-refractivity contribution in [1.82, 2.24) is 4.57 Å². The number of oxime groups is 1. The molecule has 0 spiro atoms. The number of ketones is 1. The van der Waals surface area contributed by atoms with E-state index in [9.17, 15) is 9.59 Å². The quantitative estimate of drug-likeness (QED) is 0.226. The van der Waals surface area contributed by atoms with Crippen molar-refractivity contribution >= 4 is 34.4 Å². The summed E-state index contributed by atoms with van der Waals surface area (Å²) in [6.45, 7) is 10.2. The molecular formula is C27H28N2O3. The minimum atomic E-state index is -0.435. The van der Waals surface area contributed by atoms with E-state index in [1.54, 1.807) is 0 Å². The molecule has 5 heteroatoms. The molecule has 1 unspecified atom stereocenters. The van der Waals surface area contributed by atoms with Crippen molar-refractivity contribution in [2.45, 2.75) is 47.6 Å². The van der Waals surface area contributed by atoms with Crippen molar-refractivity contribution in [3.63, 3.8) is 0 Å². The summed E-state index contributed by atoms with van der Waals surface area (Å²) in [5.74, 6) is -0.403. The lowest BCUT2D eigenvalue weighted by molar-refractivity contribution is -0.141. The van der Waals surface area contributed by atoms with Crippen molar-refractivity contribution in [3.8, 4) is 0 Å². The van der Waals surface area contributed by atoms with E-state index >= 15 is 0 Å². The summed E-state index contributed by atoms with van der Waals surface area (Å²) in [5.41, 5.74) is 6.18. The second-order valence-corrected chi connectivity index (χ2v) is 8.67. The summed E-state index contributed by atoms with van der Waals surface area (Å²) in [5, 5.41) is 5.13. The molecule has 1 aliphatic carbocycles. The fraction of sp³-hybridized carbons (Fsp3) is 0.296. The lowest BCUT2D eigenvalue weighted by Crippen LogP contribution is -2.28. The third-order valence-corrected chi connectivity index (χ3v) is 6.47. The Labute approximate surface area is 188 Å². The number of hydrogen-bond donors (Lipinski definition) is 0. The second-order valence-electron chi connectivity index (χ2n) is 8.67. The van der Waals surface area contributed by atoms with Crippen LogP contribution in [0.5, 0.6) is 0 Å². The predicted octanol–water partition coefficient (Wildman–Crippen LogP) is 5.72. The summed E-state index contributed by atoms with van der Waals surface area (Å²) in [7, 11) is 0. The average Bonchev–Trinajstić information content (AvgIpc) is 3.09. The van der Waals surface area contributed by atoms with Gasteiger partial charge in [-0.15, -0.1) is 0 Å². The van der Waals surface area contributed by atoms with Gasteiger partial charge in [0.2, 0.25) is 0 Å². The maximum atomic E-state index is 13.3. The molecule has 1 heterocycles. The van der Waals surface area contributed by atoms with Crippen LogP contribution in [0.15, 0.2) is 53.7 Å². The molecule has 1 atom stereocenters. The van der Waals surface area contributed by atoms with Crippen LogP contribution >= 0.6 is 0 Å². The molecule has 1 aliphatic rings. The van der Waals surface area contributed by atoms with Gasteiger partial charge in [0.15, 0.2) is 5.78 Å². The zero-order chi connectivity index (χ0) is 23.0. The van der Waals surface area contributed by atoms with Gasteiger partial charge in [-0.25, -0.2) is 4.79 Å². The molecule has 0 aliphatic heterocycles. The smallest absolute Gasteiger partial charge is 0.331 e. The molecule has 0 bridgehead atoms. The molecule has 0 N–H and O–H groups in total. The summed E-state index contributed by atoms with van der Waals surface area (Å²) in [6, 6.07) is 13.7. The van der Waals surface area contributed by atoms with E-state index in [1.165, 1.54) is 12.5 Å². The molecule has 0 saturated carbocycles. The summed E-state index contributed by atoms with van der Waals surface area (Å²) < 4.78 is 2.28. The first-order valence-electron chi connectivity index (χ1n) is 10.9. The van der Waals surface area contributed by atoms with Crippen LogP contribution in [0.25, 0.3) is 17.0 Å². The van der Waals surface area contributed by atoms with Crippen molar-refractivity contribution in [3.05, 3.63) is 76.5 Å². The minimum absolute atomic E-state index is 0.0321. The average molecular weight is 429 g/mol. The number of fused-ring (bicyclic) bond motifs is 3. The number of aryl methyl sites for hydroxylation is 2. The van der Waals surface area contributed by atoms with Crippen molar-refractivity contribution in [1.29, 1.82) is 0 Å². The Kier molecular flexibility index (Phi) is 5.59. The first-order valence-corrected chi connectivity index (χ1v) is 10.9. The van der Waals surface area contributed by atoms with E-state index in [0.29, 0.717) is 12.0 Å². The van der Waals surface area contributed by atoms with Crippen LogP contribution in [0.4, 0.5) is 0 Å². The van der Waals surface area contributed by atoms with E-state index in [4.69, 9.17) is 4.84 Å². The van der Waals surface area contributed by atoms with Gasteiger partial charge in [0.05, 0.1) is 5.71 Å². The molecule has 0 radical (unpaired) electrons. The number of nitrogens with zero attached hydrogens (tertiary/aromatic N) is 2. The number of benzene rings is 2. The zero-order valence-corrected chi connectivity index (χ0v) is 19.2. The highest BCUT2D eigenvalue weighted by atomic mass is 16.7. The third kappa shape index (κ3) is 3.68. The molecule has 0 amide bonds. The maximum Gasteiger partial charge on any atom is 0.331 e. The number of rotatable bonds is 5. The van der Waals surface area contributed by atoms with Gasteiger partial charge in [-0.05, 0) is 62.6 Å². The van der Waals surface area contributed by atoms with Crippen LogP contribution in [0.3, 0.4) is 0 Å². The molecule has 0 saturated heterocycles. The number of hydrogen-bond acceptors (Lipinski definition) is 4. The van der Waals surface area contributed by atoms with Gasteiger partial charge in [-0.2, -0.15) is 0 Å². The number of carbonyl (C=O) groups is 2. The van der Waals surface area contributed by atoms with Crippen molar-refractivity contribution in [2.75, 3.05) is 0 Å². The second kappa shape index (κ2) is 8.23. The Morgan fingerprint density at radius 2 is 1.91 bits per heavy atom. The van der Waals surface area contributed by atoms with Crippen molar-refractivity contribution < 1.29 is 14.4 Å². The summed E-state index contributed by atoms with van der Waals surface area (Å²) in [4.78, 5) is 29.4. The number of carbonyl (C=O) groups excluding carboxylic acids is 2. The highest BCUT2D eigenvalue weighted by molar-refractivity contribution is 6.11. The molecule has 5 nitrogen and oxygen atoms in total. The largest absolute Gasteiger partial charge is 0.341 e. The highest BCUT2D eigenvalue weighted by Gasteiger charge is 2.33. The Morgan fingerprint density at radius 1 is 1.16 bits per heavy atom. The Morgan fingerprint density at radius 3 is 2.59 bits per heavy atom. The van der Waals surface area contributed by atoms with Gasteiger partial charge < -0.3 is 9.40 Å². The van der Waals surface area contributed by atoms with Crippen LogP contribution in [0.2, 0.25) is 0 Å². The van der Waals surface area contributed by atoms with Gasteiger partial charge in [-0.1, -0.05) is 42.4 Å². The van der Waals surface area contributed by atoms with Crippen LogP contribution in [0.1, 0.15) is 60.4 Å². The fourth-order valence-electron chi connectivity index (χ4n) is 4.46. The van der Waals surface area contributed by atoms with E-state index in [1.807, 2.05) is 56.3 Å². The predicted molar refractivity (Wildman–Crippen MR) is 128 cm³/mol. The van der Waals surface area contributed by atoms with Gasteiger partial charge in [0.25, 0.3) is 0 Å². The summed E-state index contributed by atoms with van der Waals surface area (Å²) in [6.07, 6.45) is 4.96. The highest BCUT2D eigenvalue weighted by Crippen LogP contribution is 2.39. The lowest BCUT2D eigenvalue weighted by Gasteiger charge is -2.29. The van der Waals surface area contributed by atoms with Gasteiger partial charge in [-0.3, -0.25) is 4.79 Å². The van der Waals surface area contributed by atoms with E-state index in [2.05, 4.69) is 35.7 Å². The third-order valence-electron chi connectivity index (χ3n) is 6.47. The first-order chi connectivity index (χ1) is 15.2. The fourth-order valence-corrected chi connectivity index (χ4v) is 4.46. The Hall–Kier alpha value is -3.47. The van der Waals surface area contributed by atoms with Gasteiger partial charge >= 0.3 is 5.97 Å². The van der Waals surface area contributed by atoms with Crippen LogP contribution in [0, 0.1) is 12.3 Å². The van der Waals surface area contributed by atoms with Gasteiger partial charge in [0, 0.05) is 46.6 Å². The topological polar surface area (TPSA) is 60.7 Å². The molecule has 164 valence electrons. The SMILES string of the molecule is CCn1c2c(c3cc(C(=O)c4ccccc4C)ccc31)CC(C)(/C(C)=N/OC(C)=O)C=C2. The molecular weight excluding hydrogens is 400 g/mol. The Bertz CT molecular complexity index is 1300. The van der Waals surface area contributed by atoms with Crippen molar-refractivity contribution in [2.24, 2.45) is 10.6 Å². The minimum Gasteiger partial charge on any atom is -0.341 e. The number of allylic oxidation sites excluding steroid dienone is 1. The molecule has 1 aromatic heterocycles. The lowest BCUT2D eigenvalue weighted by atomic mass is 9.75. The van der Waals surface area contributed by atoms with Crippen LogP contribution in [-0.4, -0.2) is 22.0 Å². The monoisotopic (exact) mass is 428 g/mol. The van der Waals surface area contributed by atoms with E-state index in [0.717, 1.165) is 40.0 Å². The van der Waals surface area contributed by atoms with Crippen LogP contribution in [-0.2, 0) is 22.6 Å². The molecule has 3 aromatic rings. The molecule has 2 aromatic carbocycles. The molecule has 0 fully saturated rings. The van der Waals surface area contributed by atoms with Gasteiger partial charge in [0.1, 0.15) is 0 Å².